The van der Waals surface area contributed by atoms with E-state index in [1.54, 1.807) is 36.9 Å². The highest BCUT2D eigenvalue weighted by Crippen LogP contribution is 2.21. The van der Waals surface area contributed by atoms with Crippen LogP contribution in [0.5, 0.6) is 5.75 Å². The average Bonchev–Trinajstić information content (AvgIpc) is 2.93. The van der Waals surface area contributed by atoms with Gasteiger partial charge in [-0.25, -0.2) is 18.1 Å². The van der Waals surface area contributed by atoms with Crippen LogP contribution in [0.15, 0.2) is 41.8 Å². The molecule has 0 saturated heterocycles. The van der Waals surface area contributed by atoms with E-state index in [1.807, 2.05) is 25.3 Å². The first-order valence-corrected chi connectivity index (χ1v) is 8.62. The Morgan fingerprint density at radius 1 is 1.41 bits per heavy atom. The Kier molecular flexibility index (Phi) is 5.20. The molecule has 0 saturated carbocycles. The van der Waals surface area contributed by atoms with Crippen LogP contribution in [0.1, 0.15) is 19.4 Å². The highest BCUT2D eigenvalue weighted by Gasteiger charge is 2.18. The van der Waals surface area contributed by atoms with Crippen molar-refractivity contribution in [2.45, 2.75) is 38.3 Å². The van der Waals surface area contributed by atoms with E-state index in [0.29, 0.717) is 18.9 Å². The topological polar surface area (TPSA) is 73.2 Å². The van der Waals surface area contributed by atoms with Gasteiger partial charge in [0.05, 0.1) is 17.8 Å². The van der Waals surface area contributed by atoms with Crippen molar-refractivity contribution in [3.8, 4) is 5.75 Å². The molecular formula is C15H21N3O3S. The number of nitrogens with one attached hydrogen (secondary N) is 1. The summed E-state index contributed by atoms with van der Waals surface area (Å²) in [6, 6.07) is 4.63. The van der Waals surface area contributed by atoms with Crippen LogP contribution >= 0.6 is 0 Å². The van der Waals surface area contributed by atoms with Gasteiger partial charge >= 0.3 is 0 Å². The van der Waals surface area contributed by atoms with E-state index in [-0.39, 0.29) is 10.9 Å². The van der Waals surface area contributed by atoms with E-state index in [9.17, 15) is 8.42 Å². The number of hydrogen-bond acceptors (Lipinski definition) is 4. The third-order valence-electron chi connectivity index (χ3n) is 3.16. The van der Waals surface area contributed by atoms with Crippen LogP contribution in [0, 0.1) is 6.92 Å². The van der Waals surface area contributed by atoms with Gasteiger partial charge in [-0.2, -0.15) is 0 Å². The lowest BCUT2D eigenvalue weighted by atomic mass is 10.2. The van der Waals surface area contributed by atoms with Crippen molar-refractivity contribution < 1.29 is 13.2 Å². The predicted molar refractivity (Wildman–Crippen MR) is 84.4 cm³/mol. The molecule has 2 rings (SSSR count). The largest absolute Gasteiger partial charge is 0.494 e. The Morgan fingerprint density at radius 2 is 2.18 bits per heavy atom. The summed E-state index contributed by atoms with van der Waals surface area (Å²) in [4.78, 5) is 4.18. The Balaban J connectivity index is 2.11. The van der Waals surface area contributed by atoms with Gasteiger partial charge in [-0.1, -0.05) is 0 Å². The molecule has 120 valence electrons. The summed E-state index contributed by atoms with van der Waals surface area (Å²) in [5.74, 6) is 0.702. The standard InChI is InChI=1S/C15H21N3O3S/c1-4-21-15-6-5-14(9-12(15)2)22(19,20)17-13(3)10-18-8-7-16-11-18/h5-9,11,13,17H,4,10H2,1-3H3/t13-/m1/s1. The molecule has 0 bridgehead atoms. The first kappa shape index (κ1) is 16.5. The number of aryl methyl sites for hydroxylation is 1. The van der Waals surface area contributed by atoms with E-state index in [4.69, 9.17) is 4.74 Å². The third kappa shape index (κ3) is 4.08. The summed E-state index contributed by atoms with van der Waals surface area (Å²) in [6.45, 7) is 6.61. The van der Waals surface area contributed by atoms with Crippen LogP contribution in [0.25, 0.3) is 0 Å². The number of ether oxygens (including phenoxy) is 1. The first-order chi connectivity index (χ1) is 10.4. The van der Waals surface area contributed by atoms with Crippen LogP contribution < -0.4 is 9.46 Å². The van der Waals surface area contributed by atoms with Gasteiger partial charge in [-0.3, -0.25) is 0 Å². The van der Waals surface area contributed by atoms with Gasteiger partial charge in [0.25, 0.3) is 0 Å². The van der Waals surface area contributed by atoms with Crippen LogP contribution in [-0.4, -0.2) is 30.6 Å². The van der Waals surface area contributed by atoms with Gasteiger partial charge in [0, 0.05) is 25.0 Å². The van der Waals surface area contributed by atoms with Gasteiger partial charge in [-0.15, -0.1) is 0 Å². The molecule has 0 amide bonds. The summed E-state index contributed by atoms with van der Waals surface area (Å²) in [6.07, 6.45) is 5.12. The summed E-state index contributed by atoms with van der Waals surface area (Å²) in [7, 11) is -3.56. The molecule has 1 aromatic carbocycles. The van der Waals surface area contributed by atoms with E-state index in [1.165, 1.54) is 0 Å². The molecule has 0 unspecified atom stereocenters. The maximum absolute atomic E-state index is 12.4. The van der Waals surface area contributed by atoms with Gasteiger partial charge in [0.15, 0.2) is 0 Å². The summed E-state index contributed by atoms with van der Waals surface area (Å²) in [5.41, 5.74) is 0.798. The van der Waals surface area contributed by atoms with E-state index < -0.39 is 10.0 Å². The lowest BCUT2D eigenvalue weighted by Crippen LogP contribution is -2.35. The number of sulfonamides is 1. The molecule has 7 heteroatoms. The summed E-state index contributed by atoms with van der Waals surface area (Å²) in [5, 5.41) is 0. The fraction of sp³-hybridized carbons (Fsp3) is 0.400. The quantitative estimate of drug-likeness (QED) is 0.845. The Hall–Kier alpha value is -1.86. The second-order valence-electron chi connectivity index (χ2n) is 5.14. The number of rotatable bonds is 7. The normalized spacial score (nSPS) is 13.0. The van der Waals surface area contributed by atoms with Crippen molar-refractivity contribution >= 4 is 10.0 Å². The second-order valence-corrected chi connectivity index (χ2v) is 6.86. The van der Waals surface area contributed by atoms with Gasteiger partial charge in [-0.05, 0) is 44.5 Å². The zero-order valence-electron chi connectivity index (χ0n) is 13.0. The molecular weight excluding hydrogens is 302 g/mol. The maximum Gasteiger partial charge on any atom is 0.240 e. The smallest absolute Gasteiger partial charge is 0.240 e. The average molecular weight is 323 g/mol. The number of hydrogen-bond donors (Lipinski definition) is 1. The van der Waals surface area contributed by atoms with Crippen LogP contribution in [-0.2, 0) is 16.6 Å². The highest BCUT2D eigenvalue weighted by molar-refractivity contribution is 7.89. The minimum Gasteiger partial charge on any atom is -0.494 e. The zero-order chi connectivity index (χ0) is 16.2. The van der Waals surface area contributed by atoms with Crippen molar-refractivity contribution in [2.75, 3.05) is 6.61 Å². The number of aromatic nitrogens is 2. The van der Waals surface area contributed by atoms with Gasteiger partial charge in [0.2, 0.25) is 10.0 Å². The maximum atomic E-state index is 12.4. The molecule has 0 aliphatic carbocycles. The molecule has 1 N–H and O–H groups in total. The fourth-order valence-corrected chi connectivity index (χ4v) is 3.51. The van der Waals surface area contributed by atoms with E-state index in [2.05, 4.69) is 9.71 Å². The molecule has 2 aromatic rings. The molecule has 1 aromatic heterocycles. The number of nitrogens with zero attached hydrogens (tertiary/aromatic N) is 2. The lowest BCUT2D eigenvalue weighted by molar-refractivity contribution is 0.337. The van der Waals surface area contributed by atoms with E-state index in [0.717, 1.165) is 5.56 Å². The molecule has 0 spiro atoms. The second kappa shape index (κ2) is 6.93. The third-order valence-corrected chi connectivity index (χ3v) is 4.74. The van der Waals surface area contributed by atoms with Crippen LogP contribution in [0.4, 0.5) is 0 Å². The molecule has 0 aliphatic heterocycles. The molecule has 6 nitrogen and oxygen atoms in total. The van der Waals surface area contributed by atoms with Crippen molar-refractivity contribution in [1.29, 1.82) is 0 Å². The minimum atomic E-state index is -3.56. The number of benzene rings is 1. The molecule has 0 radical (unpaired) electrons. The van der Waals surface area contributed by atoms with E-state index >= 15 is 0 Å². The van der Waals surface area contributed by atoms with Gasteiger partial charge < -0.3 is 9.30 Å². The molecule has 1 heterocycles. The minimum absolute atomic E-state index is 0.242. The van der Waals surface area contributed by atoms with Crippen LogP contribution in [0.2, 0.25) is 0 Å². The molecule has 0 fully saturated rings. The summed E-state index contributed by atoms with van der Waals surface area (Å²) < 4.78 is 34.8. The lowest BCUT2D eigenvalue weighted by Gasteiger charge is -2.15. The highest BCUT2D eigenvalue weighted by atomic mass is 32.2. The fourth-order valence-electron chi connectivity index (χ4n) is 2.19. The number of imidazole rings is 1. The van der Waals surface area contributed by atoms with Crippen molar-refractivity contribution in [1.82, 2.24) is 14.3 Å². The molecule has 1 atom stereocenters. The van der Waals surface area contributed by atoms with Crippen molar-refractivity contribution in [2.24, 2.45) is 0 Å². The summed E-state index contributed by atoms with van der Waals surface area (Å²) >= 11 is 0. The predicted octanol–water partition coefficient (Wildman–Crippen LogP) is 1.96. The van der Waals surface area contributed by atoms with Crippen molar-refractivity contribution in [3.05, 3.63) is 42.5 Å². The molecule has 22 heavy (non-hydrogen) atoms. The molecule has 0 aliphatic rings. The Bertz CT molecular complexity index is 712. The Labute approximate surface area is 131 Å². The Morgan fingerprint density at radius 3 is 2.77 bits per heavy atom. The van der Waals surface area contributed by atoms with Crippen molar-refractivity contribution in [3.63, 3.8) is 0 Å². The zero-order valence-corrected chi connectivity index (χ0v) is 13.8. The SMILES string of the molecule is CCOc1ccc(S(=O)(=O)N[C@H](C)Cn2ccnc2)cc1C. The van der Waals surface area contributed by atoms with Gasteiger partial charge in [0.1, 0.15) is 5.75 Å². The first-order valence-electron chi connectivity index (χ1n) is 7.14. The monoisotopic (exact) mass is 323 g/mol. The van der Waals surface area contributed by atoms with Crippen LogP contribution in [0.3, 0.4) is 0 Å².